The van der Waals surface area contributed by atoms with Crippen LogP contribution in [0.25, 0.3) is 0 Å². The molecule has 1 N–H and O–H groups in total. The zero-order chi connectivity index (χ0) is 14.7. The molecule has 0 spiro atoms. The normalized spacial score (nSPS) is 15.0. The molecule has 3 rings (SSSR count). The molecule has 1 aromatic carbocycles. The minimum atomic E-state index is 0.286. The number of nitrogens with zero attached hydrogens (tertiary/aromatic N) is 1. The predicted octanol–water partition coefficient (Wildman–Crippen LogP) is 3.12. The Bertz CT molecular complexity index is 612. The lowest BCUT2D eigenvalue weighted by atomic mass is 10.1. The lowest BCUT2D eigenvalue weighted by Crippen LogP contribution is -2.22. The monoisotopic (exact) mass is 304 g/mol. The van der Waals surface area contributed by atoms with Crippen LogP contribution in [0.3, 0.4) is 0 Å². The zero-order valence-corrected chi connectivity index (χ0v) is 13.2. The van der Waals surface area contributed by atoms with E-state index in [1.165, 1.54) is 10.4 Å². The summed E-state index contributed by atoms with van der Waals surface area (Å²) in [4.78, 5) is 5.64. The van der Waals surface area contributed by atoms with Crippen LogP contribution in [0.1, 0.15) is 29.1 Å². The van der Waals surface area contributed by atoms with Crippen molar-refractivity contribution in [2.45, 2.75) is 26.3 Å². The minimum absolute atomic E-state index is 0.286. The Morgan fingerprint density at radius 2 is 2.10 bits per heavy atom. The second kappa shape index (κ2) is 6.45. The number of ether oxygens (including phenoxy) is 2. The Morgan fingerprint density at radius 1 is 1.29 bits per heavy atom. The molecular weight excluding hydrogens is 284 g/mol. The van der Waals surface area contributed by atoms with Crippen molar-refractivity contribution >= 4 is 11.3 Å². The quantitative estimate of drug-likeness (QED) is 0.922. The van der Waals surface area contributed by atoms with Gasteiger partial charge in [0.15, 0.2) is 11.5 Å². The van der Waals surface area contributed by atoms with Gasteiger partial charge < -0.3 is 14.8 Å². The van der Waals surface area contributed by atoms with Crippen molar-refractivity contribution in [1.82, 2.24) is 10.3 Å². The SMILES string of the molecule is Cc1ncsc1CCN[C@H](C)c1ccc2c(c1)OCCO2. The highest BCUT2D eigenvalue weighted by Crippen LogP contribution is 2.32. The summed E-state index contributed by atoms with van der Waals surface area (Å²) in [6.45, 7) is 6.44. The van der Waals surface area contributed by atoms with Crippen LogP contribution >= 0.6 is 11.3 Å². The molecule has 21 heavy (non-hydrogen) atoms. The third-order valence-corrected chi connectivity index (χ3v) is 4.71. The Labute approximate surface area is 129 Å². The van der Waals surface area contributed by atoms with Gasteiger partial charge in [-0.1, -0.05) is 6.07 Å². The highest BCUT2D eigenvalue weighted by molar-refractivity contribution is 7.09. The zero-order valence-electron chi connectivity index (χ0n) is 12.4. The smallest absolute Gasteiger partial charge is 0.161 e. The van der Waals surface area contributed by atoms with Gasteiger partial charge in [0, 0.05) is 17.5 Å². The summed E-state index contributed by atoms with van der Waals surface area (Å²) in [5.74, 6) is 1.70. The van der Waals surface area contributed by atoms with Crippen molar-refractivity contribution in [2.24, 2.45) is 0 Å². The summed E-state index contributed by atoms with van der Waals surface area (Å²) in [7, 11) is 0. The van der Waals surface area contributed by atoms with Crippen LogP contribution in [0.15, 0.2) is 23.7 Å². The summed E-state index contributed by atoms with van der Waals surface area (Å²) in [5, 5.41) is 3.55. The molecule has 1 aromatic heterocycles. The van der Waals surface area contributed by atoms with E-state index in [1.807, 2.05) is 11.6 Å². The molecule has 1 aliphatic rings. The van der Waals surface area contributed by atoms with Crippen molar-refractivity contribution in [1.29, 1.82) is 0 Å². The number of hydrogen-bond acceptors (Lipinski definition) is 5. The van der Waals surface area contributed by atoms with E-state index in [9.17, 15) is 0 Å². The van der Waals surface area contributed by atoms with Crippen molar-refractivity contribution in [3.05, 3.63) is 39.8 Å². The second-order valence-corrected chi connectivity index (χ2v) is 6.13. The fourth-order valence-corrected chi connectivity index (χ4v) is 3.20. The van der Waals surface area contributed by atoms with Gasteiger partial charge in [-0.15, -0.1) is 11.3 Å². The Hall–Kier alpha value is -1.59. The van der Waals surface area contributed by atoms with Crippen LogP contribution in [-0.2, 0) is 6.42 Å². The van der Waals surface area contributed by atoms with Crippen LogP contribution < -0.4 is 14.8 Å². The highest BCUT2D eigenvalue weighted by Gasteiger charge is 2.14. The summed E-state index contributed by atoms with van der Waals surface area (Å²) >= 11 is 1.73. The molecular formula is C16H20N2O2S. The summed E-state index contributed by atoms with van der Waals surface area (Å²) in [5.41, 5.74) is 4.28. The average Bonchev–Trinajstić information content (AvgIpc) is 2.92. The van der Waals surface area contributed by atoms with Crippen molar-refractivity contribution in [3.8, 4) is 11.5 Å². The lowest BCUT2D eigenvalue weighted by molar-refractivity contribution is 0.171. The first-order valence-corrected chi connectivity index (χ1v) is 8.14. The molecule has 5 heteroatoms. The van der Waals surface area contributed by atoms with E-state index in [0.29, 0.717) is 13.2 Å². The molecule has 0 saturated heterocycles. The van der Waals surface area contributed by atoms with Gasteiger partial charge in [0.25, 0.3) is 0 Å². The molecule has 0 amide bonds. The maximum Gasteiger partial charge on any atom is 0.161 e. The second-order valence-electron chi connectivity index (χ2n) is 5.19. The van der Waals surface area contributed by atoms with Gasteiger partial charge in [-0.05, 0) is 38.0 Å². The summed E-state index contributed by atoms with van der Waals surface area (Å²) in [6.07, 6.45) is 1.02. The summed E-state index contributed by atoms with van der Waals surface area (Å²) in [6, 6.07) is 6.46. The van der Waals surface area contributed by atoms with Gasteiger partial charge >= 0.3 is 0 Å². The molecule has 0 bridgehead atoms. The van der Waals surface area contributed by atoms with E-state index < -0.39 is 0 Å². The predicted molar refractivity (Wildman–Crippen MR) is 84.4 cm³/mol. The number of nitrogens with one attached hydrogen (secondary N) is 1. The largest absolute Gasteiger partial charge is 0.486 e. The van der Waals surface area contributed by atoms with E-state index in [-0.39, 0.29) is 6.04 Å². The molecule has 0 unspecified atom stereocenters. The van der Waals surface area contributed by atoms with Gasteiger partial charge in [-0.2, -0.15) is 0 Å². The number of fused-ring (bicyclic) bond motifs is 1. The van der Waals surface area contributed by atoms with E-state index >= 15 is 0 Å². The molecule has 1 aliphatic heterocycles. The van der Waals surface area contributed by atoms with E-state index in [4.69, 9.17) is 9.47 Å². The van der Waals surface area contributed by atoms with E-state index in [0.717, 1.165) is 30.2 Å². The van der Waals surface area contributed by atoms with Gasteiger partial charge in [0.2, 0.25) is 0 Å². The third kappa shape index (κ3) is 3.36. The Balaban J connectivity index is 1.58. The fraction of sp³-hybridized carbons (Fsp3) is 0.438. The molecule has 2 aromatic rings. The third-order valence-electron chi connectivity index (χ3n) is 3.71. The number of aromatic nitrogens is 1. The molecule has 0 saturated carbocycles. The molecule has 4 nitrogen and oxygen atoms in total. The molecule has 1 atom stereocenters. The number of hydrogen-bond donors (Lipinski definition) is 1. The first-order valence-electron chi connectivity index (χ1n) is 7.26. The number of thiazole rings is 1. The van der Waals surface area contributed by atoms with Crippen LogP contribution in [-0.4, -0.2) is 24.7 Å². The standard InChI is InChI=1S/C16H20N2O2S/c1-11(17-6-5-16-12(2)18-10-21-16)13-3-4-14-15(9-13)20-8-7-19-14/h3-4,9-11,17H,5-8H2,1-2H3/t11-/m1/s1. The van der Waals surface area contributed by atoms with Gasteiger partial charge in [0.1, 0.15) is 13.2 Å². The van der Waals surface area contributed by atoms with Crippen LogP contribution in [0.2, 0.25) is 0 Å². The van der Waals surface area contributed by atoms with Gasteiger partial charge in [-0.25, -0.2) is 4.98 Å². The fourth-order valence-electron chi connectivity index (χ4n) is 2.42. The Morgan fingerprint density at radius 3 is 2.86 bits per heavy atom. The molecule has 0 radical (unpaired) electrons. The first kappa shape index (κ1) is 14.4. The first-order chi connectivity index (χ1) is 10.2. The molecule has 0 fully saturated rings. The number of rotatable bonds is 5. The van der Waals surface area contributed by atoms with E-state index in [1.54, 1.807) is 11.3 Å². The average molecular weight is 304 g/mol. The van der Waals surface area contributed by atoms with Crippen molar-refractivity contribution in [2.75, 3.05) is 19.8 Å². The van der Waals surface area contributed by atoms with Gasteiger partial charge in [-0.3, -0.25) is 0 Å². The number of aryl methyl sites for hydroxylation is 1. The molecule has 2 heterocycles. The maximum atomic E-state index is 5.63. The molecule has 0 aliphatic carbocycles. The topological polar surface area (TPSA) is 43.4 Å². The van der Waals surface area contributed by atoms with E-state index in [2.05, 4.69) is 36.3 Å². The van der Waals surface area contributed by atoms with Crippen molar-refractivity contribution < 1.29 is 9.47 Å². The van der Waals surface area contributed by atoms with Gasteiger partial charge in [0.05, 0.1) is 11.2 Å². The maximum absolute atomic E-state index is 5.63. The van der Waals surface area contributed by atoms with Crippen LogP contribution in [0.5, 0.6) is 11.5 Å². The number of benzene rings is 1. The summed E-state index contributed by atoms with van der Waals surface area (Å²) < 4.78 is 11.2. The lowest BCUT2D eigenvalue weighted by Gasteiger charge is -2.21. The Kier molecular flexibility index (Phi) is 4.41. The highest BCUT2D eigenvalue weighted by atomic mass is 32.1. The minimum Gasteiger partial charge on any atom is -0.486 e. The van der Waals surface area contributed by atoms with Crippen LogP contribution in [0, 0.1) is 6.92 Å². The van der Waals surface area contributed by atoms with Crippen LogP contribution in [0.4, 0.5) is 0 Å². The van der Waals surface area contributed by atoms with Crippen molar-refractivity contribution in [3.63, 3.8) is 0 Å². The molecule has 112 valence electrons.